The van der Waals surface area contributed by atoms with Gasteiger partial charge in [0.25, 0.3) is 5.91 Å². The van der Waals surface area contributed by atoms with E-state index in [1.807, 2.05) is 36.4 Å². The van der Waals surface area contributed by atoms with E-state index < -0.39 is 18.0 Å². The number of halogens is 2. The highest BCUT2D eigenvalue weighted by Crippen LogP contribution is 2.19. The van der Waals surface area contributed by atoms with E-state index >= 15 is 0 Å². The maximum Gasteiger partial charge on any atom is 0.331 e. The number of ether oxygens (including phenoxy) is 2. The topological polar surface area (TPSA) is 64.6 Å². The molecule has 0 aliphatic carbocycles. The van der Waals surface area contributed by atoms with Crippen LogP contribution < -0.4 is 10.1 Å². The second-order valence-corrected chi connectivity index (χ2v) is 7.70. The van der Waals surface area contributed by atoms with Crippen LogP contribution in [-0.4, -0.2) is 18.0 Å². The lowest BCUT2D eigenvalue weighted by Crippen LogP contribution is -2.29. The molecule has 0 aromatic heterocycles. The minimum absolute atomic E-state index is 0.358. The zero-order valence-electron chi connectivity index (χ0n) is 17.3. The predicted octanol–water partition coefficient (Wildman–Crippen LogP) is 6.16. The van der Waals surface area contributed by atoms with E-state index in [0.717, 1.165) is 11.1 Å². The van der Waals surface area contributed by atoms with Gasteiger partial charge in [0.15, 0.2) is 6.10 Å². The number of nitrogens with one attached hydrogen (secondary N) is 1. The molecule has 1 unspecified atom stereocenters. The van der Waals surface area contributed by atoms with Crippen LogP contribution >= 0.6 is 23.2 Å². The van der Waals surface area contributed by atoms with Crippen molar-refractivity contribution in [3.8, 4) is 5.75 Å². The maximum atomic E-state index is 12.2. The minimum atomic E-state index is -0.955. The van der Waals surface area contributed by atoms with Gasteiger partial charge in [-0.2, -0.15) is 0 Å². The molecule has 0 bridgehead atoms. The summed E-state index contributed by atoms with van der Waals surface area (Å²) in [6.07, 6.45) is 1.92. The average molecular weight is 470 g/mol. The molecule has 0 aliphatic rings. The van der Waals surface area contributed by atoms with E-state index in [0.29, 0.717) is 28.1 Å². The zero-order chi connectivity index (χ0) is 22.9. The van der Waals surface area contributed by atoms with E-state index in [1.54, 1.807) is 42.5 Å². The van der Waals surface area contributed by atoms with Gasteiger partial charge in [0, 0.05) is 27.4 Å². The number of carbonyl (C=O) groups is 2. The molecule has 0 heterocycles. The highest BCUT2D eigenvalue weighted by atomic mass is 35.5. The van der Waals surface area contributed by atoms with Crippen molar-refractivity contribution < 1.29 is 19.1 Å². The third-order valence-electron chi connectivity index (χ3n) is 4.42. The number of anilines is 1. The van der Waals surface area contributed by atoms with Crippen LogP contribution in [0.25, 0.3) is 6.08 Å². The van der Waals surface area contributed by atoms with Crippen molar-refractivity contribution in [2.75, 3.05) is 5.32 Å². The summed E-state index contributed by atoms with van der Waals surface area (Å²) in [7, 11) is 0. The van der Waals surface area contributed by atoms with Gasteiger partial charge in [0.2, 0.25) is 0 Å². The molecule has 164 valence electrons. The Labute approximate surface area is 196 Å². The Balaban J connectivity index is 1.47. The molecule has 0 fully saturated rings. The smallest absolute Gasteiger partial charge is 0.331 e. The largest absolute Gasteiger partial charge is 0.489 e. The molecule has 0 spiro atoms. The lowest BCUT2D eigenvalue weighted by atomic mass is 10.2. The molecule has 3 aromatic carbocycles. The summed E-state index contributed by atoms with van der Waals surface area (Å²) in [4.78, 5) is 24.2. The molecule has 5 nitrogen and oxygen atoms in total. The summed E-state index contributed by atoms with van der Waals surface area (Å²) < 4.78 is 10.9. The number of hydrogen-bond acceptors (Lipinski definition) is 4. The monoisotopic (exact) mass is 469 g/mol. The number of rotatable bonds is 8. The van der Waals surface area contributed by atoms with E-state index in [-0.39, 0.29) is 0 Å². The number of amides is 1. The molecule has 32 heavy (non-hydrogen) atoms. The Hall–Kier alpha value is -3.28. The van der Waals surface area contributed by atoms with Crippen LogP contribution in [0.2, 0.25) is 10.0 Å². The Bertz CT molecular complexity index is 1100. The molecule has 3 aromatic rings. The first-order chi connectivity index (χ1) is 15.4. The fraction of sp³-hybridized carbons (Fsp3) is 0.120. The van der Waals surface area contributed by atoms with Crippen LogP contribution in [0.5, 0.6) is 5.75 Å². The molecule has 7 heteroatoms. The first kappa shape index (κ1) is 23.4. The molecule has 0 aliphatic heterocycles. The highest BCUT2D eigenvalue weighted by molar-refractivity contribution is 6.31. The fourth-order valence-corrected chi connectivity index (χ4v) is 2.98. The number of benzene rings is 3. The summed E-state index contributed by atoms with van der Waals surface area (Å²) in [6.45, 7) is 1.86. The Morgan fingerprint density at radius 2 is 1.66 bits per heavy atom. The van der Waals surface area contributed by atoms with Crippen molar-refractivity contribution >= 4 is 46.8 Å². The quantitative estimate of drug-likeness (QED) is 0.317. The molecule has 0 saturated carbocycles. The van der Waals surface area contributed by atoms with E-state index in [1.165, 1.54) is 13.0 Å². The van der Waals surface area contributed by atoms with Gasteiger partial charge in [0.05, 0.1) is 0 Å². The summed E-state index contributed by atoms with van der Waals surface area (Å²) in [6, 6.07) is 21.3. The summed E-state index contributed by atoms with van der Waals surface area (Å²) >= 11 is 11.9. The number of carbonyl (C=O) groups excluding carboxylic acids is 2. The van der Waals surface area contributed by atoms with Gasteiger partial charge in [-0.3, -0.25) is 4.79 Å². The van der Waals surface area contributed by atoms with Crippen LogP contribution in [0, 0.1) is 0 Å². The molecular weight excluding hydrogens is 449 g/mol. The molecule has 1 atom stereocenters. The SMILES string of the molecule is CC(OC(=O)C=Cc1ccc(OCc2ccccc2Cl)cc1)C(=O)Nc1ccc(Cl)cc1. The van der Waals surface area contributed by atoms with Gasteiger partial charge in [-0.1, -0.05) is 53.5 Å². The third kappa shape index (κ3) is 7.15. The van der Waals surface area contributed by atoms with Crippen LogP contribution in [0.15, 0.2) is 78.9 Å². The maximum absolute atomic E-state index is 12.2. The van der Waals surface area contributed by atoms with Crippen LogP contribution in [0.1, 0.15) is 18.1 Å². The fourth-order valence-electron chi connectivity index (χ4n) is 2.66. The first-order valence-electron chi connectivity index (χ1n) is 9.82. The highest BCUT2D eigenvalue weighted by Gasteiger charge is 2.16. The van der Waals surface area contributed by atoms with Crippen molar-refractivity contribution in [1.82, 2.24) is 0 Å². The minimum Gasteiger partial charge on any atom is -0.489 e. The van der Waals surface area contributed by atoms with Crippen molar-refractivity contribution in [2.24, 2.45) is 0 Å². The third-order valence-corrected chi connectivity index (χ3v) is 5.04. The van der Waals surface area contributed by atoms with E-state index in [4.69, 9.17) is 32.7 Å². The van der Waals surface area contributed by atoms with Gasteiger partial charge in [-0.25, -0.2) is 4.79 Å². The number of esters is 1. The van der Waals surface area contributed by atoms with Gasteiger partial charge in [-0.15, -0.1) is 0 Å². The molecule has 0 saturated heterocycles. The Morgan fingerprint density at radius 3 is 2.34 bits per heavy atom. The second kappa shape index (κ2) is 11.4. The zero-order valence-corrected chi connectivity index (χ0v) is 18.8. The lowest BCUT2D eigenvalue weighted by Gasteiger charge is -2.12. The number of hydrogen-bond donors (Lipinski definition) is 1. The molecule has 3 rings (SSSR count). The van der Waals surface area contributed by atoms with Gasteiger partial charge in [-0.05, 0) is 61.0 Å². The Morgan fingerprint density at radius 1 is 0.969 bits per heavy atom. The summed E-state index contributed by atoms with van der Waals surface area (Å²) in [5.41, 5.74) is 2.25. The van der Waals surface area contributed by atoms with Crippen molar-refractivity contribution in [2.45, 2.75) is 19.6 Å². The van der Waals surface area contributed by atoms with Crippen LogP contribution in [0.3, 0.4) is 0 Å². The Kier molecular flexibility index (Phi) is 8.31. The molecule has 1 amide bonds. The van der Waals surface area contributed by atoms with Crippen molar-refractivity contribution in [1.29, 1.82) is 0 Å². The van der Waals surface area contributed by atoms with Crippen LogP contribution in [0.4, 0.5) is 5.69 Å². The second-order valence-electron chi connectivity index (χ2n) is 6.86. The molecule has 1 N–H and O–H groups in total. The average Bonchev–Trinajstić information content (AvgIpc) is 2.79. The van der Waals surface area contributed by atoms with Gasteiger partial charge < -0.3 is 14.8 Å². The van der Waals surface area contributed by atoms with Crippen LogP contribution in [-0.2, 0) is 20.9 Å². The standard InChI is InChI=1S/C25H21Cl2NO4/c1-17(25(30)28-21-11-9-20(26)10-12-21)32-24(29)15-8-18-6-13-22(14-7-18)31-16-19-4-2-3-5-23(19)27/h2-15,17H,16H2,1H3,(H,28,30). The van der Waals surface area contributed by atoms with Gasteiger partial charge >= 0.3 is 5.97 Å². The lowest BCUT2D eigenvalue weighted by molar-refractivity contribution is -0.148. The van der Waals surface area contributed by atoms with Gasteiger partial charge in [0.1, 0.15) is 12.4 Å². The summed E-state index contributed by atoms with van der Waals surface area (Å²) in [5.74, 6) is -0.381. The van der Waals surface area contributed by atoms with Crippen molar-refractivity contribution in [3.63, 3.8) is 0 Å². The normalized spacial score (nSPS) is 11.7. The predicted molar refractivity (Wildman–Crippen MR) is 127 cm³/mol. The first-order valence-corrected chi connectivity index (χ1v) is 10.6. The molecule has 0 radical (unpaired) electrons. The summed E-state index contributed by atoms with van der Waals surface area (Å²) in [5, 5.41) is 3.88. The van der Waals surface area contributed by atoms with E-state index in [2.05, 4.69) is 5.32 Å². The molecular formula is C25H21Cl2NO4. The van der Waals surface area contributed by atoms with E-state index in [9.17, 15) is 9.59 Å². The van der Waals surface area contributed by atoms with Crippen molar-refractivity contribution in [3.05, 3.63) is 100 Å².